The van der Waals surface area contributed by atoms with Gasteiger partial charge in [-0.15, -0.1) is 0 Å². The molecule has 6 nitrogen and oxygen atoms in total. The zero-order valence-corrected chi connectivity index (χ0v) is 22.1. The van der Waals surface area contributed by atoms with Gasteiger partial charge in [-0.25, -0.2) is 0 Å². The molecule has 2 aromatic carbocycles. The summed E-state index contributed by atoms with van der Waals surface area (Å²) in [6.07, 6.45) is 2.05. The number of benzene rings is 2. The number of halogens is 1. The number of hydrogen-bond acceptors (Lipinski definition) is 4. The van der Waals surface area contributed by atoms with E-state index in [1.54, 1.807) is 6.20 Å². The minimum atomic E-state index is -0.247. The molecule has 0 radical (unpaired) electrons. The molecule has 2 atom stereocenters. The molecule has 0 aliphatic carbocycles. The largest absolute Gasteiger partial charge is 0.459 e. The Balaban J connectivity index is 1.39. The fraction of sp³-hybridized carbons (Fsp3) is 0.179. The predicted molar refractivity (Wildman–Crippen MR) is 148 cm³/mol. The Morgan fingerprint density at radius 3 is 2.69 bits per heavy atom. The highest BCUT2D eigenvalue weighted by Gasteiger charge is 2.41. The first kappa shape index (κ1) is 24.2. The molecular formula is C28H25BrN4O2S. The van der Waals surface area contributed by atoms with Gasteiger partial charge in [-0.3, -0.25) is 9.78 Å². The number of aryl methyl sites for hydroxylation is 1. The van der Waals surface area contributed by atoms with Crippen molar-refractivity contribution in [3.8, 4) is 11.3 Å². The Labute approximate surface area is 223 Å². The number of pyridine rings is 1. The molecule has 36 heavy (non-hydrogen) atoms. The summed E-state index contributed by atoms with van der Waals surface area (Å²) in [5.41, 5.74) is 3.72. The van der Waals surface area contributed by atoms with Gasteiger partial charge < -0.3 is 20.0 Å². The topological polar surface area (TPSA) is 70.4 Å². The summed E-state index contributed by atoms with van der Waals surface area (Å²) in [6.45, 7) is 2.43. The van der Waals surface area contributed by atoms with Gasteiger partial charge in [-0.1, -0.05) is 46.3 Å². The van der Waals surface area contributed by atoms with Gasteiger partial charge in [-0.2, -0.15) is 0 Å². The van der Waals surface area contributed by atoms with E-state index in [2.05, 4.69) is 31.5 Å². The number of aromatic nitrogens is 1. The summed E-state index contributed by atoms with van der Waals surface area (Å²) in [5, 5.41) is 6.95. The van der Waals surface area contributed by atoms with Crippen LogP contribution in [0.15, 0.2) is 93.9 Å². The molecular weight excluding hydrogens is 536 g/mol. The maximum Gasteiger partial charge on any atom is 0.226 e. The smallest absolute Gasteiger partial charge is 0.226 e. The van der Waals surface area contributed by atoms with Crippen LogP contribution in [0.25, 0.3) is 11.3 Å². The van der Waals surface area contributed by atoms with Gasteiger partial charge in [0.25, 0.3) is 0 Å². The molecule has 0 bridgehead atoms. The van der Waals surface area contributed by atoms with Crippen molar-refractivity contribution in [1.82, 2.24) is 15.2 Å². The van der Waals surface area contributed by atoms with Crippen molar-refractivity contribution in [2.45, 2.75) is 25.4 Å². The average molecular weight is 562 g/mol. The molecule has 1 aliphatic heterocycles. The van der Waals surface area contributed by atoms with Gasteiger partial charge in [0.15, 0.2) is 5.11 Å². The first-order valence-electron chi connectivity index (χ1n) is 11.7. The lowest BCUT2D eigenvalue weighted by molar-refractivity contribution is -0.116. The molecule has 1 amide bonds. The van der Waals surface area contributed by atoms with Gasteiger partial charge in [0.2, 0.25) is 5.91 Å². The zero-order valence-electron chi connectivity index (χ0n) is 19.6. The molecule has 1 aliphatic rings. The summed E-state index contributed by atoms with van der Waals surface area (Å²) < 4.78 is 7.36. The number of anilines is 1. The van der Waals surface area contributed by atoms with E-state index < -0.39 is 0 Å². The molecule has 8 heteroatoms. The molecule has 2 aromatic heterocycles. The number of carbonyl (C=O) groups is 1. The Morgan fingerprint density at radius 1 is 1.11 bits per heavy atom. The molecule has 1 fully saturated rings. The summed E-state index contributed by atoms with van der Waals surface area (Å²) in [6, 6.07) is 25.1. The van der Waals surface area contributed by atoms with Crippen LogP contribution in [0.3, 0.4) is 0 Å². The second-order valence-corrected chi connectivity index (χ2v) is 10.00. The van der Waals surface area contributed by atoms with Crippen LogP contribution in [0.5, 0.6) is 0 Å². The summed E-state index contributed by atoms with van der Waals surface area (Å²) in [5.74, 6) is 1.46. The number of rotatable bonds is 7. The Morgan fingerprint density at radius 2 is 1.94 bits per heavy atom. The molecule has 1 saturated heterocycles. The zero-order chi connectivity index (χ0) is 25.1. The highest BCUT2D eigenvalue weighted by Crippen LogP contribution is 2.40. The number of hydrogen-bond donors (Lipinski definition) is 2. The highest BCUT2D eigenvalue weighted by molar-refractivity contribution is 9.10. The van der Waals surface area contributed by atoms with Crippen LogP contribution in [0.2, 0.25) is 0 Å². The standard InChI is InChI=1S/C28H25BrN4O2S/c1-18-5-4-6-21(17-18)31-25(34)14-16-33-27(26(32-28(33)36)22-7-2-3-15-30-22)24-13-12-23(35-24)19-8-10-20(29)11-9-19/h2-13,15,17,26-27H,14,16H2,1H3,(H,31,34)(H,32,36)/t26-,27+/m0/s1. The Kier molecular flexibility index (Phi) is 7.16. The van der Waals surface area contributed by atoms with Crippen LogP contribution in [0, 0.1) is 6.92 Å². The number of thiocarbonyl (C=S) groups is 1. The van der Waals surface area contributed by atoms with Gasteiger partial charge in [0.05, 0.1) is 11.7 Å². The SMILES string of the molecule is Cc1cccc(NC(=O)CCN2C(=S)N[C@@H](c3ccccn3)[C@H]2c2ccc(-c3ccc(Br)cc3)o2)c1. The number of nitrogens with zero attached hydrogens (tertiary/aromatic N) is 2. The van der Waals surface area contributed by atoms with E-state index in [0.717, 1.165) is 38.5 Å². The van der Waals surface area contributed by atoms with E-state index in [-0.39, 0.29) is 24.4 Å². The van der Waals surface area contributed by atoms with Gasteiger partial charge in [0, 0.05) is 34.9 Å². The quantitative estimate of drug-likeness (QED) is 0.254. The summed E-state index contributed by atoms with van der Waals surface area (Å²) in [7, 11) is 0. The predicted octanol–water partition coefficient (Wildman–Crippen LogP) is 6.41. The monoisotopic (exact) mass is 560 g/mol. The third-order valence-corrected chi connectivity index (χ3v) is 7.01. The molecule has 4 aromatic rings. The fourth-order valence-electron chi connectivity index (χ4n) is 4.40. The number of nitrogens with one attached hydrogen (secondary N) is 2. The van der Waals surface area contributed by atoms with Crippen molar-refractivity contribution in [2.24, 2.45) is 0 Å². The maximum atomic E-state index is 12.8. The van der Waals surface area contributed by atoms with Crippen molar-refractivity contribution in [3.63, 3.8) is 0 Å². The molecule has 0 unspecified atom stereocenters. The van der Waals surface area contributed by atoms with E-state index in [9.17, 15) is 4.79 Å². The first-order valence-corrected chi connectivity index (χ1v) is 12.9. The molecule has 182 valence electrons. The lowest BCUT2D eigenvalue weighted by Crippen LogP contribution is -2.32. The first-order chi connectivity index (χ1) is 17.5. The van der Waals surface area contributed by atoms with Gasteiger partial charge in [-0.05, 0) is 73.2 Å². The van der Waals surface area contributed by atoms with Gasteiger partial charge >= 0.3 is 0 Å². The van der Waals surface area contributed by atoms with E-state index in [1.165, 1.54) is 0 Å². The normalized spacial score (nSPS) is 17.2. The lowest BCUT2D eigenvalue weighted by Gasteiger charge is -2.25. The van der Waals surface area contributed by atoms with Crippen molar-refractivity contribution in [2.75, 3.05) is 11.9 Å². The Bertz CT molecular complexity index is 1370. The maximum absolute atomic E-state index is 12.8. The van der Waals surface area contributed by atoms with Crippen molar-refractivity contribution in [1.29, 1.82) is 0 Å². The second-order valence-electron chi connectivity index (χ2n) is 8.70. The van der Waals surface area contributed by atoms with E-state index in [4.69, 9.17) is 16.6 Å². The molecule has 2 N–H and O–H groups in total. The number of furan rings is 1. The fourth-order valence-corrected chi connectivity index (χ4v) is 5.00. The molecule has 0 spiro atoms. The van der Waals surface area contributed by atoms with Crippen molar-refractivity contribution < 1.29 is 9.21 Å². The number of amides is 1. The molecule has 5 rings (SSSR count). The third-order valence-electron chi connectivity index (χ3n) is 6.13. The second kappa shape index (κ2) is 10.6. The average Bonchev–Trinajstić information content (AvgIpc) is 3.48. The highest BCUT2D eigenvalue weighted by atomic mass is 79.9. The minimum absolute atomic E-state index is 0.0709. The molecule has 3 heterocycles. The van der Waals surface area contributed by atoms with Crippen LogP contribution < -0.4 is 10.6 Å². The van der Waals surface area contributed by atoms with Crippen molar-refractivity contribution >= 4 is 44.9 Å². The third kappa shape index (κ3) is 5.34. The van der Waals surface area contributed by atoms with Crippen LogP contribution in [-0.4, -0.2) is 27.4 Å². The van der Waals surface area contributed by atoms with Gasteiger partial charge in [0.1, 0.15) is 17.6 Å². The molecule has 0 saturated carbocycles. The van der Waals surface area contributed by atoms with Crippen LogP contribution in [-0.2, 0) is 4.79 Å². The van der Waals surface area contributed by atoms with E-state index >= 15 is 0 Å². The minimum Gasteiger partial charge on any atom is -0.459 e. The van der Waals surface area contributed by atoms with E-state index in [0.29, 0.717) is 11.7 Å². The van der Waals surface area contributed by atoms with Crippen LogP contribution >= 0.6 is 28.1 Å². The lowest BCUT2D eigenvalue weighted by atomic mass is 10.0. The van der Waals surface area contributed by atoms with E-state index in [1.807, 2.05) is 90.7 Å². The summed E-state index contributed by atoms with van der Waals surface area (Å²) in [4.78, 5) is 19.3. The van der Waals surface area contributed by atoms with Crippen LogP contribution in [0.4, 0.5) is 5.69 Å². The van der Waals surface area contributed by atoms with Crippen molar-refractivity contribution in [3.05, 3.63) is 107 Å². The Hall–Kier alpha value is -3.49. The van der Waals surface area contributed by atoms with Crippen LogP contribution in [0.1, 0.15) is 35.5 Å². The number of carbonyl (C=O) groups excluding carboxylic acids is 1. The summed E-state index contributed by atoms with van der Waals surface area (Å²) >= 11 is 9.20.